The lowest BCUT2D eigenvalue weighted by Gasteiger charge is -2.24. The van der Waals surface area contributed by atoms with E-state index in [1.54, 1.807) is 6.26 Å². The number of nitrogens with zero attached hydrogens (tertiary/aromatic N) is 1. The molecule has 2 unspecified atom stereocenters. The van der Waals surface area contributed by atoms with E-state index in [0.29, 0.717) is 11.8 Å². The zero-order chi connectivity index (χ0) is 15.2. The molecule has 2 atom stereocenters. The zero-order valence-corrected chi connectivity index (χ0v) is 12.8. The largest absolute Gasteiger partial charge is 0.467 e. The highest BCUT2D eigenvalue weighted by Crippen LogP contribution is 2.27. The van der Waals surface area contributed by atoms with Crippen LogP contribution in [0.5, 0.6) is 0 Å². The van der Waals surface area contributed by atoms with Crippen molar-refractivity contribution in [2.75, 3.05) is 13.1 Å². The summed E-state index contributed by atoms with van der Waals surface area (Å²) in [4.78, 5) is 2.45. The molecule has 1 aliphatic rings. The van der Waals surface area contributed by atoms with Gasteiger partial charge in [0.1, 0.15) is 11.9 Å². The second kappa shape index (κ2) is 7.43. The van der Waals surface area contributed by atoms with Crippen LogP contribution in [0.4, 0.5) is 0 Å². The lowest BCUT2D eigenvalue weighted by atomic mass is 10.1. The number of hydrogen-bond acceptors (Lipinski definition) is 3. The van der Waals surface area contributed by atoms with E-state index in [2.05, 4.69) is 41.3 Å². The topological polar surface area (TPSA) is 36.6 Å². The van der Waals surface area contributed by atoms with Crippen LogP contribution in [0.25, 0.3) is 6.08 Å². The summed E-state index contributed by atoms with van der Waals surface area (Å²) in [6.45, 7) is 2.04. The maximum absolute atomic E-state index is 10.3. The predicted octanol–water partition coefficient (Wildman–Crippen LogP) is 3.88. The molecule has 116 valence electrons. The van der Waals surface area contributed by atoms with Crippen molar-refractivity contribution in [1.29, 1.82) is 0 Å². The van der Waals surface area contributed by atoms with E-state index in [9.17, 15) is 5.11 Å². The average Bonchev–Trinajstić information content (AvgIpc) is 3.20. The Kier molecular flexibility index (Phi) is 5.09. The van der Waals surface area contributed by atoms with Crippen LogP contribution in [0.2, 0.25) is 0 Å². The third-order valence-corrected chi connectivity index (χ3v) is 4.32. The van der Waals surface area contributed by atoms with E-state index < -0.39 is 6.10 Å². The van der Waals surface area contributed by atoms with Crippen molar-refractivity contribution in [3.63, 3.8) is 0 Å². The molecule has 22 heavy (non-hydrogen) atoms. The van der Waals surface area contributed by atoms with E-state index in [0.717, 1.165) is 25.9 Å². The van der Waals surface area contributed by atoms with Crippen LogP contribution in [0.15, 0.2) is 59.2 Å². The lowest BCUT2D eigenvalue weighted by Crippen LogP contribution is -2.30. The van der Waals surface area contributed by atoms with Gasteiger partial charge >= 0.3 is 0 Å². The predicted molar refractivity (Wildman–Crippen MR) is 88.4 cm³/mol. The van der Waals surface area contributed by atoms with Crippen LogP contribution in [-0.4, -0.2) is 29.1 Å². The lowest BCUT2D eigenvalue weighted by molar-refractivity contribution is 0.105. The van der Waals surface area contributed by atoms with Crippen LogP contribution in [0, 0.1) is 0 Å². The van der Waals surface area contributed by atoms with Crippen LogP contribution < -0.4 is 0 Å². The van der Waals surface area contributed by atoms with Crippen LogP contribution in [-0.2, 0) is 0 Å². The highest BCUT2D eigenvalue weighted by molar-refractivity contribution is 5.48. The Morgan fingerprint density at radius 1 is 1.23 bits per heavy atom. The third kappa shape index (κ3) is 3.87. The molecule has 3 heteroatoms. The number of likely N-dealkylation sites (tertiary alicyclic amines) is 1. The number of aliphatic hydroxyl groups excluding tert-OH is 1. The van der Waals surface area contributed by atoms with Gasteiger partial charge in [0.15, 0.2) is 0 Å². The first-order valence-corrected chi connectivity index (χ1v) is 8.00. The molecule has 1 aliphatic heterocycles. The molecular weight excluding hydrogens is 274 g/mol. The third-order valence-electron chi connectivity index (χ3n) is 4.32. The van der Waals surface area contributed by atoms with Crippen LogP contribution in [0.1, 0.15) is 36.7 Å². The van der Waals surface area contributed by atoms with Gasteiger partial charge in [-0.3, -0.25) is 4.90 Å². The minimum Gasteiger partial charge on any atom is -0.467 e. The minimum absolute atomic E-state index is 0.431. The van der Waals surface area contributed by atoms with E-state index in [1.807, 2.05) is 18.2 Å². The monoisotopic (exact) mass is 297 g/mol. The number of hydrogen-bond donors (Lipinski definition) is 1. The van der Waals surface area contributed by atoms with Gasteiger partial charge in [-0.2, -0.15) is 0 Å². The Hall–Kier alpha value is -1.84. The number of rotatable bonds is 6. The molecule has 1 saturated heterocycles. The fraction of sp³-hybridized carbons (Fsp3) is 0.368. The molecule has 0 radical (unpaired) electrons. The van der Waals surface area contributed by atoms with Gasteiger partial charge in [-0.15, -0.1) is 0 Å². The van der Waals surface area contributed by atoms with Crippen molar-refractivity contribution in [2.24, 2.45) is 0 Å². The number of furan rings is 1. The highest BCUT2D eigenvalue weighted by Gasteiger charge is 2.27. The Labute approximate surface area is 131 Å². The Bertz CT molecular complexity index is 577. The summed E-state index contributed by atoms with van der Waals surface area (Å²) in [7, 11) is 0. The summed E-state index contributed by atoms with van der Waals surface area (Å²) >= 11 is 0. The molecule has 1 aromatic heterocycles. The van der Waals surface area contributed by atoms with E-state index in [4.69, 9.17) is 4.42 Å². The van der Waals surface area contributed by atoms with Gasteiger partial charge < -0.3 is 9.52 Å². The molecule has 1 fully saturated rings. The first-order valence-electron chi connectivity index (χ1n) is 8.00. The van der Waals surface area contributed by atoms with Crippen molar-refractivity contribution >= 4 is 6.08 Å². The van der Waals surface area contributed by atoms with Crippen molar-refractivity contribution in [3.05, 3.63) is 66.1 Å². The van der Waals surface area contributed by atoms with E-state index >= 15 is 0 Å². The minimum atomic E-state index is -0.501. The smallest absolute Gasteiger partial charge is 0.132 e. The van der Waals surface area contributed by atoms with Crippen molar-refractivity contribution in [1.82, 2.24) is 4.90 Å². The quantitative estimate of drug-likeness (QED) is 0.879. The van der Waals surface area contributed by atoms with Crippen LogP contribution in [0.3, 0.4) is 0 Å². The fourth-order valence-electron chi connectivity index (χ4n) is 3.15. The molecule has 0 spiro atoms. The standard InChI is InChI=1S/C19H23NO2/c21-18(19-11-6-14-22-19)15-17-10-5-13-20(17)12-4-9-16-7-2-1-3-8-16/h1-4,6-9,11,14,17-18,21H,5,10,12-13,15H2/b9-4+. The van der Waals surface area contributed by atoms with Gasteiger partial charge in [0.2, 0.25) is 0 Å². The molecule has 1 N–H and O–H groups in total. The highest BCUT2D eigenvalue weighted by atomic mass is 16.4. The molecular formula is C19H23NO2. The average molecular weight is 297 g/mol. The van der Waals surface area contributed by atoms with Gasteiger partial charge in [-0.1, -0.05) is 42.5 Å². The Morgan fingerprint density at radius 2 is 2.09 bits per heavy atom. The van der Waals surface area contributed by atoms with E-state index in [-0.39, 0.29) is 0 Å². The van der Waals surface area contributed by atoms with Crippen molar-refractivity contribution in [2.45, 2.75) is 31.4 Å². The van der Waals surface area contributed by atoms with Crippen molar-refractivity contribution < 1.29 is 9.52 Å². The first kappa shape index (κ1) is 15.1. The SMILES string of the molecule is OC(CC1CCCN1C/C=C/c1ccccc1)c1ccco1. The Balaban J connectivity index is 1.53. The molecule has 1 aromatic carbocycles. The second-order valence-corrected chi connectivity index (χ2v) is 5.87. The van der Waals surface area contributed by atoms with Gasteiger partial charge in [0.25, 0.3) is 0 Å². The summed E-state index contributed by atoms with van der Waals surface area (Å²) in [5, 5.41) is 10.3. The maximum atomic E-state index is 10.3. The summed E-state index contributed by atoms with van der Waals surface area (Å²) < 4.78 is 5.30. The maximum Gasteiger partial charge on any atom is 0.132 e. The van der Waals surface area contributed by atoms with Crippen LogP contribution >= 0.6 is 0 Å². The summed E-state index contributed by atoms with van der Waals surface area (Å²) in [5.74, 6) is 0.673. The summed E-state index contributed by atoms with van der Waals surface area (Å²) in [5.41, 5.74) is 1.23. The number of aliphatic hydroxyl groups is 1. The first-order chi connectivity index (χ1) is 10.8. The molecule has 0 bridgehead atoms. The van der Waals surface area contributed by atoms with Gasteiger partial charge in [0.05, 0.1) is 6.26 Å². The molecule has 0 amide bonds. The van der Waals surface area contributed by atoms with Gasteiger partial charge in [-0.05, 0) is 43.5 Å². The molecule has 2 aromatic rings. The molecule has 0 saturated carbocycles. The van der Waals surface area contributed by atoms with Gasteiger partial charge in [0, 0.05) is 12.6 Å². The molecule has 3 rings (SSSR count). The van der Waals surface area contributed by atoms with Crippen molar-refractivity contribution in [3.8, 4) is 0 Å². The normalized spacial score (nSPS) is 20.7. The summed E-state index contributed by atoms with van der Waals surface area (Å²) in [6.07, 6.45) is 8.59. The molecule has 2 heterocycles. The molecule has 0 aliphatic carbocycles. The second-order valence-electron chi connectivity index (χ2n) is 5.87. The number of benzene rings is 1. The van der Waals surface area contributed by atoms with Gasteiger partial charge in [-0.25, -0.2) is 0 Å². The fourth-order valence-corrected chi connectivity index (χ4v) is 3.15. The summed E-state index contributed by atoms with van der Waals surface area (Å²) in [6, 6.07) is 14.5. The zero-order valence-electron chi connectivity index (χ0n) is 12.8. The molecule has 3 nitrogen and oxygen atoms in total. The Morgan fingerprint density at radius 3 is 2.86 bits per heavy atom. The van der Waals surface area contributed by atoms with E-state index in [1.165, 1.54) is 12.0 Å².